The number of hydrogen-bond acceptors (Lipinski definition) is 1. The van der Waals surface area contributed by atoms with Crippen molar-refractivity contribution < 1.29 is 0 Å². The summed E-state index contributed by atoms with van der Waals surface area (Å²) in [5, 5.41) is 0. The van der Waals surface area contributed by atoms with Crippen LogP contribution < -0.4 is 0 Å². The summed E-state index contributed by atoms with van der Waals surface area (Å²) >= 11 is -0.978. The number of unbranched alkanes of at least 4 members (excludes halogenated alkanes) is 1. The van der Waals surface area contributed by atoms with Gasteiger partial charge in [-0.1, -0.05) is 0 Å². The van der Waals surface area contributed by atoms with Crippen molar-refractivity contribution >= 4 is 21.4 Å². The average Bonchev–Trinajstić information content (AvgIpc) is 2.23. The van der Waals surface area contributed by atoms with Gasteiger partial charge in [0.2, 0.25) is 0 Å². The van der Waals surface area contributed by atoms with Gasteiger partial charge in [0.1, 0.15) is 0 Å². The Kier molecular flexibility index (Phi) is 11.9. The molecular formula is C13H30InN. The zero-order valence-corrected chi connectivity index (χ0v) is 14.7. The zero-order chi connectivity index (χ0) is 11.5. The van der Waals surface area contributed by atoms with E-state index in [1.54, 1.807) is 12.5 Å². The molecule has 0 aromatic rings. The van der Waals surface area contributed by atoms with Gasteiger partial charge in [0.05, 0.1) is 0 Å². The molecular weight excluding hydrogens is 285 g/mol. The van der Waals surface area contributed by atoms with Crippen molar-refractivity contribution in [2.45, 2.75) is 59.0 Å². The predicted octanol–water partition coefficient (Wildman–Crippen LogP) is 4.03. The van der Waals surface area contributed by atoms with E-state index in [4.69, 9.17) is 0 Å². The van der Waals surface area contributed by atoms with E-state index in [-0.39, 0.29) is 0 Å². The van der Waals surface area contributed by atoms with Gasteiger partial charge in [-0.15, -0.1) is 0 Å². The Morgan fingerprint density at radius 1 is 0.867 bits per heavy atom. The van der Waals surface area contributed by atoms with E-state index in [1.165, 1.54) is 38.8 Å². The van der Waals surface area contributed by atoms with Crippen LogP contribution in [0.3, 0.4) is 0 Å². The predicted molar refractivity (Wildman–Crippen MR) is 73.2 cm³/mol. The molecule has 0 radical (unpaired) electrons. The molecule has 90 valence electrons. The Morgan fingerprint density at radius 2 is 1.60 bits per heavy atom. The minimum atomic E-state index is -0.978. The fraction of sp³-hybridized carbons (Fsp3) is 1.00. The summed E-state index contributed by atoms with van der Waals surface area (Å²) in [6.45, 7) is 9.65. The molecule has 0 aliphatic heterocycles. The van der Waals surface area contributed by atoms with Gasteiger partial charge in [0.25, 0.3) is 0 Å². The Hall–Kier alpha value is 0.830. The van der Waals surface area contributed by atoms with Crippen LogP contribution in [0.2, 0.25) is 12.5 Å². The fourth-order valence-electron chi connectivity index (χ4n) is 2.27. The van der Waals surface area contributed by atoms with Crippen LogP contribution in [-0.4, -0.2) is 46.5 Å². The minimum absolute atomic E-state index is 0.978. The van der Waals surface area contributed by atoms with Crippen LogP contribution in [0.15, 0.2) is 0 Å². The molecule has 0 rings (SSSR count). The summed E-state index contributed by atoms with van der Waals surface area (Å²) in [5.41, 5.74) is 0. The van der Waals surface area contributed by atoms with E-state index in [9.17, 15) is 0 Å². The quantitative estimate of drug-likeness (QED) is 0.550. The van der Waals surface area contributed by atoms with Crippen molar-refractivity contribution in [2.24, 2.45) is 0 Å². The Morgan fingerprint density at radius 3 is 2.13 bits per heavy atom. The van der Waals surface area contributed by atoms with Gasteiger partial charge in [-0.05, 0) is 0 Å². The first-order valence-corrected chi connectivity index (χ1v) is 13.9. The monoisotopic (exact) mass is 315 g/mol. The molecule has 0 aliphatic rings. The standard InChI is InChI=1S/C8H18N.C3H7.C2H5.In/c1-4-6-8-9(3)7-5-2;1-3-2;1-2;/h1,4-8H2,2-3H3;1,3H2,2H3;1H2,2H3;. The fourth-order valence-corrected chi connectivity index (χ4v) is 10.2. The van der Waals surface area contributed by atoms with Gasteiger partial charge in [-0.2, -0.15) is 0 Å². The third-order valence-corrected chi connectivity index (χ3v) is 14.1. The third-order valence-electron chi connectivity index (χ3n) is 3.28. The molecule has 15 heavy (non-hydrogen) atoms. The normalized spacial score (nSPS) is 11.0. The second kappa shape index (κ2) is 11.3. The van der Waals surface area contributed by atoms with E-state index in [2.05, 4.69) is 32.7 Å². The number of hydrogen-bond donors (Lipinski definition) is 0. The summed E-state index contributed by atoms with van der Waals surface area (Å²) in [6, 6.07) is 0. The molecule has 0 aliphatic carbocycles. The molecule has 0 aromatic heterocycles. The van der Waals surface area contributed by atoms with E-state index in [0.29, 0.717) is 0 Å². The summed E-state index contributed by atoms with van der Waals surface area (Å²) in [7, 11) is 2.26. The molecule has 1 nitrogen and oxygen atoms in total. The number of rotatable bonds is 10. The molecule has 0 saturated heterocycles. The van der Waals surface area contributed by atoms with E-state index < -0.39 is 21.4 Å². The van der Waals surface area contributed by atoms with Gasteiger partial charge in [-0.3, -0.25) is 0 Å². The summed E-state index contributed by atoms with van der Waals surface area (Å²) in [5.74, 6) is 0. The first-order valence-electron chi connectivity index (χ1n) is 6.93. The van der Waals surface area contributed by atoms with Crippen molar-refractivity contribution in [1.29, 1.82) is 0 Å². The van der Waals surface area contributed by atoms with Crippen LogP contribution in [0.4, 0.5) is 0 Å². The van der Waals surface area contributed by atoms with Crippen molar-refractivity contribution in [2.75, 3.05) is 20.1 Å². The van der Waals surface area contributed by atoms with Crippen molar-refractivity contribution in [3.05, 3.63) is 0 Å². The summed E-state index contributed by atoms with van der Waals surface area (Å²) in [4.78, 5) is 2.48. The molecule has 0 N–H and O–H groups in total. The topological polar surface area (TPSA) is 3.24 Å². The van der Waals surface area contributed by atoms with Gasteiger partial charge >= 0.3 is 105 Å². The van der Waals surface area contributed by atoms with Crippen LogP contribution in [0.1, 0.15) is 46.5 Å². The molecule has 0 spiro atoms. The molecule has 0 atom stereocenters. The SMILES string of the molecule is CCCN(C)CCC[CH2][In]([CH2]C)[CH2]CC. The molecule has 0 unspecified atom stereocenters. The molecule has 0 saturated carbocycles. The van der Waals surface area contributed by atoms with E-state index >= 15 is 0 Å². The number of nitrogens with zero attached hydrogens (tertiary/aromatic N) is 1. The van der Waals surface area contributed by atoms with Crippen molar-refractivity contribution in [3.8, 4) is 0 Å². The molecule has 0 heterocycles. The Balaban J connectivity index is 3.35. The first kappa shape index (κ1) is 15.8. The van der Waals surface area contributed by atoms with E-state index in [0.717, 1.165) is 0 Å². The van der Waals surface area contributed by atoms with Crippen LogP contribution in [0.5, 0.6) is 0 Å². The van der Waals surface area contributed by atoms with Gasteiger partial charge in [0, 0.05) is 0 Å². The van der Waals surface area contributed by atoms with Crippen LogP contribution in [-0.2, 0) is 0 Å². The van der Waals surface area contributed by atoms with Gasteiger partial charge in [0.15, 0.2) is 0 Å². The average molecular weight is 315 g/mol. The summed E-state index contributed by atoms with van der Waals surface area (Å²) in [6.07, 6.45) is 5.70. The molecule has 0 aromatic carbocycles. The zero-order valence-electron chi connectivity index (χ0n) is 11.4. The molecule has 0 amide bonds. The Labute approximate surface area is 105 Å². The second-order valence-electron chi connectivity index (χ2n) is 4.86. The Bertz CT molecular complexity index is 128. The van der Waals surface area contributed by atoms with Crippen LogP contribution in [0.25, 0.3) is 0 Å². The molecule has 2 heteroatoms. The maximum atomic E-state index is 2.48. The van der Waals surface area contributed by atoms with E-state index in [1.807, 2.05) is 0 Å². The van der Waals surface area contributed by atoms with Crippen molar-refractivity contribution in [3.63, 3.8) is 0 Å². The first-order chi connectivity index (χ1) is 7.24. The second-order valence-corrected chi connectivity index (χ2v) is 15.4. The third kappa shape index (κ3) is 9.74. The van der Waals surface area contributed by atoms with Crippen LogP contribution in [0, 0.1) is 0 Å². The van der Waals surface area contributed by atoms with Gasteiger partial charge in [-0.25, -0.2) is 0 Å². The summed E-state index contributed by atoms with van der Waals surface area (Å²) < 4.78 is 4.88. The molecule has 0 bridgehead atoms. The maximum absolute atomic E-state index is 2.48. The molecule has 0 fully saturated rings. The van der Waals surface area contributed by atoms with Crippen molar-refractivity contribution in [1.82, 2.24) is 4.90 Å². The van der Waals surface area contributed by atoms with Crippen LogP contribution >= 0.6 is 0 Å². The van der Waals surface area contributed by atoms with Gasteiger partial charge < -0.3 is 0 Å².